The lowest BCUT2D eigenvalue weighted by Gasteiger charge is -2.42. The summed E-state index contributed by atoms with van der Waals surface area (Å²) in [5.41, 5.74) is 0.220. The number of halogens is 3. The van der Waals surface area contributed by atoms with Gasteiger partial charge in [-0.2, -0.15) is 13.2 Å². The topological polar surface area (TPSA) is 102 Å². The van der Waals surface area contributed by atoms with Gasteiger partial charge in [-0.15, -0.1) is 0 Å². The lowest BCUT2D eigenvalue weighted by atomic mass is 9.96. The van der Waals surface area contributed by atoms with Crippen molar-refractivity contribution in [1.82, 2.24) is 14.3 Å². The molecule has 0 amide bonds. The van der Waals surface area contributed by atoms with E-state index in [4.69, 9.17) is 9.47 Å². The van der Waals surface area contributed by atoms with E-state index in [-0.39, 0.29) is 50.9 Å². The molecule has 0 atom stereocenters. The Balaban J connectivity index is 1.41. The van der Waals surface area contributed by atoms with Gasteiger partial charge in [0.2, 0.25) is 16.0 Å². The lowest BCUT2D eigenvalue weighted by Crippen LogP contribution is -2.60. The number of alkyl halides is 3. The number of anilines is 1. The highest BCUT2D eigenvalue weighted by molar-refractivity contribution is 7.91. The summed E-state index contributed by atoms with van der Waals surface area (Å²) in [5, 5.41) is 0. The van der Waals surface area contributed by atoms with Crippen LogP contribution in [0.25, 0.3) is 0 Å². The van der Waals surface area contributed by atoms with E-state index in [9.17, 15) is 26.4 Å². The van der Waals surface area contributed by atoms with E-state index in [1.807, 2.05) is 11.8 Å². The van der Waals surface area contributed by atoms with Gasteiger partial charge in [0.05, 0.1) is 12.7 Å². The molecule has 2 fully saturated rings. The Morgan fingerprint density at radius 2 is 1.63 bits per heavy atom. The van der Waals surface area contributed by atoms with Gasteiger partial charge >= 0.3 is 12.1 Å². The Kier molecular flexibility index (Phi) is 8.17. The Morgan fingerprint density at radius 3 is 2.13 bits per heavy atom. The van der Waals surface area contributed by atoms with Crippen LogP contribution in [0.2, 0.25) is 0 Å². The molecule has 0 radical (unpaired) electrons. The van der Waals surface area contributed by atoms with Gasteiger partial charge in [0.25, 0.3) is 0 Å². The predicted molar refractivity (Wildman–Crippen MR) is 133 cm³/mol. The molecular weight excluding hydrogens is 525 g/mol. The van der Waals surface area contributed by atoms with Crippen LogP contribution in [0.1, 0.15) is 43.7 Å². The summed E-state index contributed by atoms with van der Waals surface area (Å²) >= 11 is 0. The Hall–Kier alpha value is -2.93. The molecule has 208 valence electrons. The van der Waals surface area contributed by atoms with Crippen LogP contribution in [0.4, 0.5) is 19.1 Å². The van der Waals surface area contributed by atoms with E-state index in [1.54, 1.807) is 12.4 Å². The van der Waals surface area contributed by atoms with Crippen LogP contribution in [-0.2, 0) is 32.2 Å². The molecule has 2 saturated heterocycles. The first-order chi connectivity index (χ1) is 18.0. The van der Waals surface area contributed by atoms with Crippen molar-refractivity contribution in [2.24, 2.45) is 0 Å². The number of sulfonamides is 1. The minimum Gasteiger partial charge on any atom is -0.490 e. The molecule has 9 nitrogen and oxygen atoms in total. The van der Waals surface area contributed by atoms with Crippen molar-refractivity contribution in [3.8, 4) is 5.75 Å². The third kappa shape index (κ3) is 5.58. The van der Waals surface area contributed by atoms with Crippen molar-refractivity contribution in [3.05, 3.63) is 47.8 Å². The zero-order valence-corrected chi connectivity index (χ0v) is 22.1. The fraction of sp³-hybridized carbons (Fsp3) is 0.560. The summed E-state index contributed by atoms with van der Waals surface area (Å²) in [5.74, 6) is -0.0197. The van der Waals surface area contributed by atoms with Crippen LogP contribution in [-0.4, -0.2) is 72.8 Å². The van der Waals surface area contributed by atoms with Crippen LogP contribution >= 0.6 is 0 Å². The quantitative estimate of drug-likeness (QED) is 0.478. The zero-order chi connectivity index (χ0) is 27.6. The number of hydrogen-bond acceptors (Lipinski definition) is 8. The number of ether oxygens (including phenoxy) is 2. The van der Waals surface area contributed by atoms with Crippen molar-refractivity contribution in [2.75, 3.05) is 38.2 Å². The van der Waals surface area contributed by atoms with Crippen molar-refractivity contribution in [3.63, 3.8) is 0 Å². The van der Waals surface area contributed by atoms with Gasteiger partial charge in [-0.25, -0.2) is 22.7 Å². The van der Waals surface area contributed by atoms with Gasteiger partial charge in [0, 0.05) is 38.6 Å². The second-order valence-electron chi connectivity index (χ2n) is 9.46. The highest BCUT2D eigenvalue weighted by atomic mass is 32.2. The van der Waals surface area contributed by atoms with E-state index >= 15 is 0 Å². The molecule has 38 heavy (non-hydrogen) atoms. The number of rotatable bonds is 7. The standard InChI is InChI=1S/C25H31F3N4O5S/c1-3-18-16-29-23(30-17-18)31-14-10-24(11-15-31,22(33)36-2)38(34,35)32-12-8-21(9-13-32)37-20-6-4-19(5-7-20)25(26,27)28/h4-7,16-17,21H,3,8-15H2,1-2H3. The van der Waals surface area contributed by atoms with Crippen LogP contribution in [0.15, 0.2) is 36.7 Å². The van der Waals surface area contributed by atoms with Crippen molar-refractivity contribution in [2.45, 2.75) is 56.1 Å². The van der Waals surface area contributed by atoms with Gasteiger partial charge in [-0.1, -0.05) is 6.92 Å². The highest BCUT2D eigenvalue weighted by Gasteiger charge is 2.56. The minimum absolute atomic E-state index is 0.0306. The van der Waals surface area contributed by atoms with Gasteiger partial charge in [0.1, 0.15) is 11.9 Å². The number of carbonyl (C=O) groups excluding carboxylic acids is 1. The molecule has 2 aliphatic rings. The summed E-state index contributed by atoms with van der Waals surface area (Å²) in [6, 6.07) is 4.41. The largest absolute Gasteiger partial charge is 0.490 e. The molecule has 1 aromatic carbocycles. The molecule has 0 bridgehead atoms. The molecule has 3 heterocycles. The minimum atomic E-state index is -4.43. The summed E-state index contributed by atoms with van der Waals surface area (Å²) in [4.78, 5) is 23.5. The summed E-state index contributed by atoms with van der Waals surface area (Å²) in [6.45, 7) is 2.79. The van der Waals surface area contributed by atoms with Crippen LogP contribution < -0.4 is 9.64 Å². The number of hydrogen-bond donors (Lipinski definition) is 0. The average molecular weight is 557 g/mol. The van der Waals surface area contributed by atoms with Crippen LogP contribution in [0.3, 0.4) is 0 Å². The number of piperidine rings is 2. The second kappa shape index (κ2) is 11.0. The van der Waals surface area contributed by atoms with Gasteiger partial charge in [-0.05, 0) is 61.9 Å². The SMILES string of the molecule is CCc1cnc(N2CCC(C(=O)OC)(S(=O)(=O)N3CCC(Oc4ccc(C(F)(F)F)cc4)CC3)CC2)nc1. The number of benzene rings is 1. The molecule has 2 aromatic rings. The summed E-state index contributed by atoms with van der Waals surface area (Å²) < 4.78 is 76.4. The van der Waals surface area contributed by atoms with Crippen molar-refractivity contribution >= 4 is 21.9 Å². The van der Waals surface area contributed by atoms with Crippen molar-refractivity contribution < 1.29 is 35.9 Å². The lowest BCUT2D eigenvalue weighted by molar-refractivity contribution is -0.144. The predicted octanol–water partition coefficient (Wildman–Crippen LogP) is 3.44. The molecule has 13 heteroatoms. The Labute approximate surface area is 220 Å². The monoisotopic (exact) mass is 556 g/mol. The van der Waals surface area contributed by atoms with E-state index in [1.165, 1.54) is 23.5 Å². The van der Waals surface area contributed by atoms with E-state index in [0.717, 1.165) is 24.1 Å². The summed E-state index contributed by atoms with van der Waals surface area (Å²) in [7, 11) is -2.90. The zero-order valence-electron chi connectivity index (χ0n) is 21.3. The van der Waals surface area contributed by atoms with E-state index in [2.05, 4.69) is 9.97 Å². The number of nitrogens with zero attached hydrogens (tertiary/aromatic N) is 4. The molecule has 0 unspecified atom stereocenters. The molecule has 0 saturated carbocycles. The fourth-order valence-electron chi connectivity index (χ4n) is 4.87. The maximum atomic E-state index is 13.8. The first-order valence-electron chi connectivity index (χ1n) is 12.5. The molecular formula is C25H31F3N4O5S. The average Bonchev–Trinajstić information content (AvgIpc) is 2.92. The molecule has 0 N–H and O–H groups in total. The Bertz CT molecular complexity index is 1210. The molecule has 1 aromatic heterocycles. The highest BCUT2D eigenvalue weighted by Crippen LogP contribution is 2.37. The number of carbonyl (C=O) groups is 1. The molecule has 4 rings (SSSR count). The van der Waals surface area contributed by atoms with Crippen molar-refractivity contribution in [1.29, 1.82) is 0 Å². The molecule has 0 aliphatic carbocycles. The second-order valence-corrected chi connectivity index (χ2v) is 11.7. The van der Waals surface area contributed by atoms with E-state index < -0.39 is 32.5 Å². The first kappa shape index (κ1) is 28.1. The normalized spacial score (nSPS) is 19.2. The molecule has 2 aliphatic heterocycles. The van der Waals surface area contributed by atoms with Gasteiger partial charge in [0.15, 0.2) is 4.75 Å². The van der Waals surface area contributed by atoms with Crippen LogP contribution in [0, 0.1) is 0 Å². The van der Waals surface area contributed by atoms with Gasteiger partial charge < -0.3 is 14.4 Å². The van der Waals surface area contributed by atoms with Crippen LogP contribution in [0.5, 0.6) is 5.75 Å². The number of esters is 1. The smallest absolute Gasteiger partial charge is 0.416 e. The first-order valence-corrected chi connectivity index (χ1v) is 13.9. The third-order valence-electron chi connectivity index (χ3n) is 7.23. The molecule has 0 spiro atoms. The maximum Gasteiger partial charge on any atom is 0.416 e. The number of methoxy groups -OCH3 is 1. The van der Waals surface area contributed by atoms with Gasteiger partial charge in [-0.3, -0.25) is 4.79 Å². The number of aryl methyl sites for hydroxylation is 1. The maximum absolute atomic E-state index is 13.8. The third-order valence-corrected chi connectivity index (χ3v) is 9.84. The number of aromatic nitrogens is 2. The summed E-state index contributed by atoms with van der Waals surface area (Å²) in [6.07, 6.45) is 0.203. The fourth-order valence-corrected chi connectivity index (χ4v) is 7.05. The Morgan fingerprint density at radius 1 is 1.05 bits per heavy atom. The van der Waals surface area contributed by atoms with E-state index in [0.29, 0.717) is 18.8 Å².